The van der Waals surface area contributed by atoms with E-state index >= 15 is 0 Å². The molecule has 0 bridgehead atoms. The third-order valence-corrected chi connectivity index (χ3v) is 4.82. The molecule has 0 radical (unpaired) electrons. The fraction of sp³-hybridized carbons (Fsp3) is 0.360. The van der Waals surface area contributed by atoms with Crippen LogP contribution >= 0.6 is 0 Å². The Morgan fingerprint density at radius 1 is 0.871 bits per heavy atom. The number of hydrogen-bond donors (Lipinski definition) is 1. The molecule has 3 rings (SSSR count). The molecule has 31 heavy (non-hydrogen) atoms. The van der Waals surface area contributed by atoms with Crippen molar-refractivity contribution in [3.63, 3.8) is 0 Å². The van der Waals surface area contributed by atoms with Crippen LogP contribution in [-0.4, -0.2) is 36.0 Å². The Morgan fingerprint density at radius 3 is 2.13 bits per heavy atom. The maximum Gasteiger partial charge on any atom is 0.278 e. The zero-order valence-electron chi connectivity index (χ0n) is 18.6. The molecule has 6 nitrogen and oxygen atoms in total. The van der Waals surface area contributed by atoms with Crippen molar-refractivity contribution >= 4 is 23.1 Å². The highest BCUT2D eigenvalue weighted by Gasteiger charge is 2.40. The van der Waals surface area contributed by atoms with Crippen molar-refractivity contribution < 1.29 is 19.1 Å². The van der Waals surface area contributed by atoms with Gasteiger partial charge in [-0.3, -0.25) is 14.5 Å². The molecule has 1 aliphatic heterocycles. The van der Waals surface area contributed by atoms with Crippen LogP contribution < -0.4 is 14.8 Å². The van der Waals surface area contributed by atoms with Crippen LogP contribution in [0.1, 0.15) is 46.1 Å². The molecule has 164 valence electrons. The number of imide groups is 1. The Hall–Kier alpha value is -3.28. The summed E-state index contributed by atoms with van der Waals surface area (Å²) in [7, 11) is 0. The van der Waals surface area contributed by atoms with Crippen LogP contribution in [0.25, 0.3) is 5.57 Å². The molecule has 2 aromatic rings. The summed E-state index contributed by atoms with van der Waals surface area (Å²) < 4.78 is 11.3. The molecular formula is C25H30N2O4. The van der Waals surface area contributed by atoms with Gasteiger partial charge in [-0.1, -0.05) is 32.0 Å². The van der Waals surface area contributed by atoms with Gasteiger partial charge in [0.25, 0.3) is 11.8 Å². The first-order valence-electron chi connectivity index (χ1n) is 10.8. The largest absolute Gasteiger partial charge is 0.494 e. The fourth-order valence-electron chi connectivity index (χ4n) is 3.37. The molecule has 0 saturated heterocycles. The molecule has 0 fully saturated rings. The van der Waals surface area contributed by atoms with Crippen molar-refractivity contribution in [2.24, 2.45) is 0 Å². The van der Waals surface area contributed by atoms with Gasteiger partial charge < -0.3 is 14.8 Å². The van der Waals surface area contributed by atoms with Gasteiger partial charge in [-0.2, -0.15) is 0 Å². The number of nitrogens with zero attached hydrogens (tertiary/aromatic N) is 1. The molecule has 0 saturated carbocycles. The van der Waals surface area contributed by atoms with E-state index in [2.05, 4.69) is 5.32 Å². The van der Waals surface area contributed by atoms with Crippen LogP contribution in [-0.2, 0) is 9.59 Å². The molecule has 0 unspecified atom stereocenters. The minimum atomic E-state index is -0.332. The minimum Gasteiger partial charge on any atom is -0.494 e. The second-order valence-electron chi connectivity index (χ2n) is 7.70. The predicted molar refractivity (Wildman–Crippen MR) is 122 cm³/mol. The zero-order valence-corrected chi connectivity index (χ0v) is 18.6. The van der Waals surface area contributed by atoms with Crippen molar-refractivity contribution in [3.8, 4) is 11.5 Å². The second kappa shape index (κ2) is 10.2. The number of benzene rings is 2. The van der Waals surface area contributed by atoms with Gasteiger partial charge in [-0.15, -0.1) is 0 Å². The zero-order chi connectivity index (χ0) is 22.4. The van der Waals surface area contributed by atoms with Crippen LogP contribution in [0.4, 0.5) is 5.69 Å². The second-order valence-corrected chi connectivity index (χ2v) is 7.70. The summed E-state index contributed by atoms with van der Waals surface area (Å²) in [5.74, 6) is 0.812. The number of nitrogens with one attached hydrogen (secondary N) is 1. The van der Waals surface area contributed by atoms with Gasteiger partial charge in [0.05, 0.1) is 18.8 Å². The lowest BCUT2D eigenvalue weighted by Gasteiger charge is -2.19. The molecule has 0 aliphatic carbocycles. The lowest BCUT2D eigenvalue weighted by molar-refractivity contribution is -0.138. The first kappa shape index (κ1) is 22.4. The summed E-state index contributed by atoms with van der Waals surface area (Å²) in [4.78, 5) is 27.6. The van der Waals surface area contributed by atoms with E-state index in [0.29, 0.717) is 35.8 Å². The normalized spacial score (nSPS) is 13.9. The molecule has 6 heteroatoms. The van der Waals surface area contributed by atoms with Crippen molar-refractivity contribution in [2.45, 2.75) is 46.6 Å². The van der Waals surface area contributed by atoms with Crippen molar-refractivity contribution in [3.05, 3.63) is 59.8 Å². The van der Waals surface area contributed by atoms with Crippen LogP contribution in [0.3, 0.4) is 0 Å². The third-order valence-electron chi connectivity index (χ3n) is 4.82. The van der Waals surface area contributed by atoms with E-state index in [9.17, 15) is 9.59 Å². The van der Waals surface area contributed by atoms with Crippen molar-refractivity contribution in [1.29, 1.82) is 0 Å². The number of anilines is 1. The van der Waals surface area contributed by atoms with E-state index in [1.807, 2.05) is 76.2 Å². The van der Waals surface area contributed by atoms with Crippen molar-refractivity contribution in [2.75, 3.05) is 18.5 Å². The highest BCUT2D eigenvalue weighted by atomic mass is 16.5. The Balaban J connectivity index is 1.96. The summed E-state index contributed by atoms with van der Waals surface area (Å²) in [6.07, 6.45) is 1.82. The summed E-state index contributed by atoms with van der Waals surface area (Å²) in [5.41, 5.74) is 2.00. The summed E-state index contributed by atoms with van der Waals surface area (Å²) in [5, 5.41) is 3.18. The van der Waals surface area contributed by atoms with Gasteiger partial charge in [0.2, 0.25) is 0 Å². The Morgan fingerprint density at radius 2 is 1.52 bits per heavy atom. The maximum absolute atomic E-state index is 13.2. The van der Waals surface area contributed by atoms with E-state index in [4.69, 9.17) is 9.47 Å². The minimum absolute atomic E-state index is 0.249. The monoisotopic (exact) mass is 422 g/mol. The average Bonchev–Trinajstić information content (AvgIpc) is 3.01. The highest BCUT2D eigenvalue weighted by Crippen LogP contribution is 2.33. The molecule has 0 aromatic heterocycles. The summed E-state index contributed by atoms with van der Waals surface area (Å²) >= 11 is 0. The van der Waals surface area contributed by atoms with Gasteiger partial charge in [0.1, 0.15) is 17.2 Å². The van der Waals surface area contributed by atoms with Crippen LogP contribution in [0.15, 0.2) is 54.2 Å². The molecule has 0 spiro atoms. The van der Waals surface area contributed by atoms with E-state index < -0.39 is 0 Å². The van der Waals surface area contributed by atoms with E-state index in [1.165, 1.54) is 4.90 Å². The number of carbonyl (C=O) groups excluding carboxylic acids is 2. The molecule has 0 atom stereocenters. The summed E-state index contributed by atoms with van der Waals surface area (Å²) in [6.45, 7) is 8.99. The number of ether oxygens (including phenoxy) is 2. The SMILES string of the molecule is CCCOc1ccc(C2=C(Nc3cccc(OCCC)c3)C(=O)N(C(C)C)C2=O)cc1. The van der Waals surface area contributed by atoms with Crippen LogP contribution in [0.5, 0.6) is 11.5 Å². The first-order valence-corrected chi connectivity index (χ1v) is 10.8. The molecular weight excluding hydrogens is 392 g/mol. The number of carbonyl (C=O) groups is 2. The summed E-state index contributed by atoms with van der Waals surface area (Å²) in [6, 6.07) is 14.4. The Kier molecular flexibility index (Phi) is 7.34. The molecule has 1 heterocycles. The molecule has 2 amide bonds. The quantitative estimate of drug-likeness (QED) is 0.554. The van der Waals surface area contributed by atoms with Gasteiger partial charge in [0.15, 0.2) is 0 Å². The average molecular weight is 423 g/mol. The van der Waals surface area contributed by atoms with Gasteiger partial charge in [-0.25, -0.2) is 0 Å². The maximum atomic E-state index is 13.2. The van der Waals surface area contributed by atoms with Gasteiger partial charge >= 0.3 is 0 Å². The molecule has 2 aromatic carbocycles. The standard InChI is InChI=1S/C25H30N2O4/c1-5-14-30-20-12-10-18(11-13-20)22-23(25(29)27(17(3)4)24(22)28)26-19-8-7-9-21(16-19)31-15-6-2/h7-13,16-17,26H,5-6,14-15H2,1-4H3. The van der Waals surface area contributed by atoms with Gasteiger partial charge in [0, 0.05) is 17.8 Å². The van der Waals surface area contributed by atoms with Crippen molar-refractivity contribution in [1.82, 2.24) is 4.90 Å². The van der Waals surface area contributed by atoms with Gasteiger partial charge in [-0.05, 0) is 56.5 Å². The highest BCUT2D eigenvalue weighted by molar-refractivity contribution is 6.36. The predicted octanol–water partition coefficient (Wildman–Crippen LogP) is 4.86. The van der Waals surface area contributed by atoms with Crippen LogP contribution in [0.2, 0.25) is 0 Å². The van der Waals surface area contributed by atoms with E-state index in [1.54, 1.807) is 0 Å². The molecule has 1 aliphatic rings. The topological polar surface area (TPSA) is 67.9 Å². The van der Waals surface area contributed by atoms with E-state index in [-0.39, 0.29) is 23.6 Å². The number of rotatable bonds is 10. The fourth-order valence-corrected chi connectivity index (χ4v) is 3.37. The smallest absolute Gasteiger partial charge is 0.278 e. The lowest BCUT2D eigenvalue weighted by atomic mass is 10.0. The molecule has 1 N–H and O–H groups in total. The number of hydrogen-bond acceptors (Lipinski definition) is 5. The third kappa shape index (κ3) is 5.08. The Bertz CT molecular complexity index is 964. The lowest BCUT2D eigenvalue weighted by Crippen LogP contribution is -2.38. The first-order chi connectivity index (χ1) is 15.0. The van der Waals surface area contributed by atoms with Crippen LogP contribution in [0, 0.1) is 0 Å². The number of amides is 2. The van der Waals surface area contributed by atoms with E-state index in [0.717, 1.165) is 18.6 Å². The Labute approximate surface area is 183 Å².